The van der Waals surface area contributed by atoms with Crippen LogP contribution in [-0.4, -0.2) is 14.6 Å². The van der Waals surface area contributed by atoms with Crippen LogP contribution >= 0.6 is 11.6 Å². The molecule has 0 aliphatic carbocycles. The summed E-state index contributed by atoms with van der Waals surface area (Å²) in [5.74, 6) is 0.355. The van der Waals surface area contributed by atoms with E-state index in [9.17, 15) is 0 Å². The molecule has 2 heterocycles. The molecule has 3 nitrogen and oxygen atoms in total. The second-order valence-electron chi connectivity index (χ2n) is 5.24. The minimum Gasteiger partial charge on any atom is -0.228 e. The Labute approximate surface area is 123 Å². The van der Waals surface area contributed by atoms with E-state index in [1.807, 2.05) is 43.3 Å². The van der Waals surface area contributed by atoms with Crippen LogP contribution in [0, 0.1) is 6.92 Å². The van der Waals surface area contributed by atoms with Crippen molar-refractivity contribution in [2.24, 2.45) is 0 Å². The van der Waals surface area contributed by atoms with Crippen molar-refractivity contribution in [2.75, 3.05) is 0 Å². The third kappa shape index (κ3) is 2.08. The fourth-order valence-electron chi connectivity index (χ4n) is 2.23. The fraction of sp³-hybridized carbons (Fsp3) is 0.250. The predicted octanol–water partition coefficient (Wildman–Crippen LogP) is 4.48. The van der Waals surface area contributed by atoms with E-state index >= 15 is 0 Å². The molecule has 0 spiro atoms. The van der Waals surface area contributed by atoms with Gasteiger partial charge in [0.1, 0.15) is 5.15 Å². The maximum Gasteiger partial charge on any atom is 0.157 e. The third-order valence-electron chi connectivity index (χ3n) is 3.43. The maximum atomic E-state index is 6.46. The summed E-state index contributed by atoms with van der Waals surface area (Å²) in [4.78, 5) is 4.72. The van der Waals surface area contributed by atoms with Gasteiger partial charge in [0.05, 0.1) is 11.4 Å². The summed E-state index contributed by atoms with van der Waals surface area (Å²) in [7, 11) is 0. The van der Waals surface area contributed by atoms with E-state index < -0.39 is 0 Å². The van der Waals surface area contributed by atoms with Crippen molar-refractivity contribution >= 4 is 17.2 Å². The average molecular weight is 286 g/mol. The second kappa shape index (κ2) is 4.91. The van der Waals surface area contributed by atoms with E-state index in [0.717, 1.165) is 28.2 Å². The summed E-state index contributed by atoms with van der Waals surface area (Å²) in [6, 6.07) is 12.1. The van der Waals surface area contributed by atoms with E-state index in [4.69, 9.17) is 16.6 Å². The van der Waals surface area contributed by atoms with E-state index in [-0.39, 0.29) is 0 Å². The first-order chi connectivity index (χ1) is 9.58. The highest BCUT2D eigenvalue weighted by Gasteiger charge is 2.15. The highest BCUT2D eigenvalue weighted by atomic mass is 35.5. The van der Waals surface area contributed by atoms with Crippen LogP contribution in [0.15, 0.2) is 36.4 Å². The normalized spacial score (nSPS) is 11.4. The lowest BCUT2D eigenvalue weighted by atomic mass is 10.1. The van der Waals surface area contributed by atoms with Crippen molar-refractivity contribution in [1.82, 2.24) is 14.6 Å². The zero-order chi connectivity index (χ0) is 14.3. The molecule has 0 bridgehead atoms. The molecule has 0 unspecified atom stereocenters. The van der Waals surface area contributed by atoms with Crippen molar-refractivity contribution in [2.45, 2.75) is 26.7 Å². The molecule has 2 aromatic heterocycles. The first-order valence-electron chi connectivity index (χ1n) is 6.69. The molecule has 0 radical (unpaired) electrons. The van der Waals surface area contributed by atoms with Gasteiger partial charge in [-0.1, -0.05) is 55.8 Å². The van der Waals surface area contributed by atoms with Crippen LogP contribution in [-0.2, 0) is 0 Å². The van der Waals surface area contributed by atoms with Gasteiger partial charge in [-0.15, -0.1) is 0 Å². The number of rotatable bonds is 2. The van der Waals surface area contributed by atoms with E-state index in [1.165, 1.54) is 0 Å². The SMILES string of the molecule is Cc1c(-c2ccccc2)nc2cc(C(C)C)nn2c1Cl. The Kier molecular flexibility index (Phi) is 3.22. The largest absolute Gasteiger partial charge is 0.228 e. The first-order valence-corrected chi connectivity index (χ1v) is 7.07. The summed E-state index contributed by atoms with van der Waals surface area (Å²) in [5.41, 5.74) is 4.73. The molecule has 0 amide bonds. The number of nitrogens with zero attached hydrogens (tertiary/aromatic N) is 3. The number of hydrogen-bond acceptors (Lipinski definition) is 2. The van der Waals surface area contributed by atoms with Gasteiger partial charge in [0.2, 0.25) is 0 Å². The Morgan fingerprint density at radius 1 is 1.15 bits per heavy atom. The minimum absolute atomic E-state index is 0.355. The van der Waals surface area contributed by atoms with E-state index in [1.54, 1.807) is 4.52 Å². The van der Waals surface area contributed by atoms with Crippen LogP contribution < -0.4 is 0 Å². The van der Waals surface area contributed by atoms with Gasteiger partial charge in [-0.25, -0.2) is 9.50 Å². The molecule has 0 N–H and O–H groups in total. The smallest absolute Gasteiger partial charge is 0.157 e. The van der Waals surface area contributed by atoms with Crippen molar-refractivity contribution in [3.8, 4) is 11.3 Å². The molecule has 3 aromatic rings. The zero-order valence-corrected chi connectivity index (χ0v) is 12.5. The molecule has 0 aliphatic heterocycles. The number of benzene rings is 1. The van der Waals surface area contributed by atoms with Crippen LogP contribution in [0.3, 0.4) is 0 Å². The van der Waals surface area contributed by atoms with Gasteiger partial charge in [0, 0.05) is 17.2 Å². The zero-order valence-electron chi connectivity index (χ0n) is 11.8. The number of halogens is 1. The van der Waals surface area contributed by atoms with Gasteiger partial charge in [-0.3, -0.25) is 0 Å². The van der Waals surface area contributed by atoms with Crippen molar-refractivity contribution < 1.29 is 0 Å². The van der Waals surface area contributed by atoms with Crippen molar-refractivity contribution in [3.05, 3.63) is 52.8 Å². The van der Waals surface area contributed by atoms with Gasteiger partial charge >= 0.3 is 0 Å². The molecule has 3 rings (SSSR count). The summed E-state index contributed by atoms with van der Waals surface area (Å²) < 4.78 is 1.72. The lowest BCUT2D eigenvalue weighted by molar-refractivity contribution is 0.785. The Balaban J connectivity index is 2.27. The molecular formula is C16H16ClN3. The van der Waals surface area contributed by atoms with Gasteiger partial charge < -0.3 is 0 Å². The molecule has 1 aromatic carbocycles. The van der Waals surface area contributed by atoms with Crippen LogP contribution in [0.5, 0.6) is 0 Å². The van der Waals surface area contributed by atoms with Gasteiger partial charge in [0.15, 0.2) is 5.65 Å². The van der Waals surface area contributed by atoms with Gasteiger partial charge in [-0.2, -0.15) is 5.10 Å². The van der Waals surface area contributed by atoms with Gasteiger partial charge in [-0.05, 0) is 12.8 Å². The highest BCUT2D eigenvalue weighted by Crippen LogP contribution is 2.28. The number of aromatic nitrogens is 3. The van der Waals surface area contributed by atoms with Crippen LogP contribution in [0.2, 0.25) is 5.15 Å². The Morgan fingerprint density at radius 3 is 2.50 bits per heavy atom. The molecular weight excluding hydrogens is 270 g/mol. The second-order valence-corrected chi connectivity index (χ2v) is 5.59. The standard InChI is InChI=1S/C16H16ClN3/c1-10(2)13-9-14-18-15(12-7-5-4-6-8-12)11(3)16(17)20(14)19-13/h4-10H,1-3H3. The highest BCUT2D eigenvalue weighted by molar-refractivity contribution is 6.30. The summed E-state index contributed by atoms with van der Waals surface area (Å²) in [6.07, 6.45) is 0. The maximum absolute atomic E-state index is 6.46. The lowest BCUT2D eigenvalue weighted by Crippen LogP contribution is -1.99. The molecule has 4 heteroatoms. The molecule has 102 valence electrons. The minimum atomic E-state index is 0.355. The van der Waals surface area contributed by atoms with Crippen LogP contribution in [0.25, 0.3) is 16.9 Å². The first kappa shape index (κ1) is 13.1. The molecule has 0 atom stereocenters. The Morgan fingerprint density at radius 2 is 1.85 bits per heavy atom. The lowest BCUT2D eigenvalue weighted by Gasteiger charge is -2.08. The van der Waals surface area contributed by atoms with Gasteiger partial charge in [0.25, 0.3) is 0 Å². The fourth-order valence-corrected chi connectivity index (χ4v) is 2.44. The summed E-state index contributed by atoms with van der Waals surface area (Å²) in [6.45, 7) is 6.20. The monoisotopic (exact) mass is 285 g/mol. The molecule has 20 heavy (non-hydrogen) atoms. The van der Waals surface area contributed by atoms with Crippen LogP contribution in [0.1, 0.15) is 31.0 Å². The Bertz CT molecular complexity index is 760. The van der Waals surface area contributed by atoms with Crippen molar-refractivity contribution in [3.63, 3.8) is 0 Å². The molecule has 0 saturated heterocycles. The Hall–Kier alpha value is -1.87. The average Bonchev–Trinajstić information content (AvgIpc) is 2.88. The molecule has 0 fully saturated rings. The topological polar surface area (TPSA) is 30.2 Å². The van der Waals surface area contributed by atoms with Crippen molar-refractivity contribution in [1.29, 1.82) is 0 Å². The summed E-state index contributed by atoms with van der Waals surface area (Å²) in [5, 5.41) is 5.16. The molecule has 0 saturated carbocycles. The van der Waals surface area contributed by atoms with E-state index in [2.05, 4.69) is 18.9 Å². The number of fused-ring (bicyclic) bond motifs is 1. The predicted molar refractivity (Wildman–Crippen MR) is 82.3 cm³/mol. The third-order valence-corrected chi connectivity index (χ3v) is 3.87. The van der Waals surface area contributed by atoms with Crippen LogP contribution in [0.4, 0.5) is 0 Å². The number of hydrogen-bond donors (Lipinski definition) is 0. The quantitative estimate of drug-likeness (QED) is 0.650. The summed E-state index contributed by atoms with van der Waals surface area (Å²) >= 11 is 6.46. The van der Waals surface area contributed by atoms with E-state index in [0.29, 0.717) is 11.1 Å². The molecule has 0 aliphatic rings.